The predicted molar refractivity (Wildman–Crippen MR) is 113 cm³/mol. The molecule has 26 heavy (non-hydrogen) atoms. The maximum atomic E-state index is 11.1. The van der Waals surface area contributed by atoms with Crippen LogP contribution in [0.5, 0.6) is 11.5 Å². The molecule has 0 aromatic heterocycles. The average molecular weight is 363 g/mol. The Hall–Kier alpha value is -1.18. The number of phenolic OH excluding ortho intramolecular Hbond substituents is 2. The lowest BCUT2D eigenvalue weighted by Gasteiger charge is -2.31. The fourth-order valence-corrected chi connectivity index (χ4v) is 4.01. The van der Waals surface area contributed by atoms with Gasteiger partial charge in [-0.3, -0.25) is 0 Å². The summed E-state index contributed by atoms with van der Waals surface area (Å²) in [7, 11) is 0. The van der Waals surface area contributed by atoms with Crippen molar-refractivity contribution < 1.29 is 10.2 Å². The topological polar surface area (TPSA) is 40.5 Å². The van der Waals surface area contributed by atoms with Crippen molar-refractivity contribution in [3.8, 4) is 11.5 Å². The Balaban J connectivity index is 3.38. The molecule has 0 aliphatic carbocycles. The number of benzene rings is 1. The first-order chi connectivity index (χ1) is 11.9. The summed E-state index contributed by atoms with van der Waals surface area (Å²) in [4.78, 5) is 0. The van der Waals surface area contributed by atoms with E-state index < -0.39 is 0 Å². The summed E-state index contributed by atoms with van der Waals surface area (Å²) in [5.74, 6) is 1.30. The van der Waals surface area contributed by atoms with Crippen LogP contribution in [0.3, 0.4) is 0 Å². The first-order valence-corrected chi connectivity index (χ1v) is 10.5. The van der Waals surface area contributed by atoms with Crippen molar-refractivity contribution in [1.29, 1.82) is 0 Å². The van der Waals surface area contributed by atoms with Crippen molar-refractivity contribution in [2.75, 3.05) is 0 Å². The van der Waals surface area contributed by atoms with Crippen molar-refractivity contribution in [3.63, 3.8) is 0 Å². The van der Waals surface area contributed by atoms with Crippen LogP contribution >= 0.6 is 0 Å². The van der Waals surface area contributed by atoms with Gasteiger partial charge in [0, 0.05) is 16.7 Å². The van der Waals surface area contributed by atoms with Gasteiger partial charge in [-0.1, -0.05) is 93.9 Å². The van der Waals surface area contributed by atoms with Crippen LogP contribution in [0.25, 0.3) is 0 Å². The van der Waals surface area contributed by atoms with Crippen LogP contribution in [-0.2, 0) is 17.3 Å². The van der Waals surface area contributed by atoms with Crippen LogP contribution < -0.4 is 0 Å². The molecule has 150 valence electrons. The van der Waals surface area contributed by atoms with Gasteiger partial charge in [-0.15, -0.1) is 0 Å². The molecule has 2 nitrogen and oxygen atoms in total. The quantitative estimate of drug-likeness (QED) is 0.378. The van der Waals surface area contributed by atoms with E-state index in [2.05, 4.69) is 55.4 Å². The van der Waals surface area contributed by atoms with Crippen LogP contribution in [0.1, 0.15) is 111 Å². The molecule has 1 unspecified atom stereocenters. The lowest BCUT2D eigenvalue weighted by molar-refractivity contribution is 0.385. The largest absolute Gasteiger partial charge is 0.508 e. The Morgan fingerprint density at radius 2 is 1.46 bits per heavy atom. The molecule has 1 atom stereocenters. The molecule has 0 saturated carbocycles. The van der Waals surface area contributed by atoms with Gasteiger partial charge in [0.25, 0.3) is 0 Å². The third-order valence-electron chi connectivity index (χ3n) is 5.35. The maximum absolute atomic E-state index is 11.1. The molecule has 0 bridgehead atoms. The van der Waals surface area contributed by atoms with E-state index in [4.69, 9.17) is 0 Å². The normalized spacial score (nSPS) is 13.8. The van der Waals surface area contributed by atoms with Gasteiger partial charge in [-0.05, 0) is 29.2 Å². The Labute approximate surface area is 162 Å². The van der Waals surface area contributed by atoms with Crippen molar-refractivity contribution >= 4 is 0 Å². The van der Waals surface area contributed by atoms with Crippen molar-refractivity contribution in [3.05, 3.63) is 22.8 Å². The van der Waals surface area contributed by atoms with E-state index in [-0.39, 0.29) is 10.8 Å². The van der Waals surface area contributed by atoms with Gasteiger partial charge in [0.1, 0.15) is 11.5 Å². The number of hydrogen-bond donors (Lipinski definition) is 2. The number of rotatable bonds is 8. The van der Waals surface area contributed by atoms with Crippen molar-refractivity contribution in [1.82, 2.24) is 0 Å². The minimum absolute atomic E-state index is 0.204. The minimum atomic E-state index is -0.210. The van der Waals surface area contributed by atoms with E-state index >= 15 is 0 Å². The summed E-state index contributed by atoms with van der Waals surface area (Å²) in [6.45, 7) is 17.1. The molecule has 0 radical (unpaired) electrons. The average Bonchev–Trinajstić information content (AvgIpc) is 2.48. The predicted octanol–water partition coefficient (Wildman–Crippen LogP) is 7.23. The molecule has 1 aromatic carbocycles. The molecular formula is C24H42O2. The molecule has 2 N–H and O–H groups in total. The molecule has 2 heteroatoms. The molecule has 0 fully saturated rings. The standard InChI is InChI=1S/C24H42O2/c1-9-11-12-14-17(13-10-2)15-18-20(25)16-19(23(3,4)5)22(26)21(18)24(6,7)8/h16-17,25-26H,9-15H2,1-8H3. The zero-order chi connectivity index (χ0) is 20.1. The van der Waals surface area contributed by atoms with Crippen LogP contribution in [0, 0.1) is 5.92 Å². The SMILES string of the molecule is CCCCCC(CCC)Cc1c(O)cc(C(C)(C)C)c(O)c1C(C)(C)C. The summed E-state index contributed by atoms with van der Waals surface area (Å²) < 4.78 is 0. The maximum Gasteiger partial charge on any atom is 0.123 e. The molecule has 1 rings (SSSR count). The highest BCUT2D eigenvalue weighted by atomic mass is 16.3. The Morgan fingerprint density at radius 3 is 1.92 bits per heavy atom. The molecule has 1 aromatic rings. The highest BCUT2D eigenvalue weighted by Gasteiger charge is 2.31. The third kappa shape index (κ3) is 5.93. The molecule has 0 amide bonds. The van der Waals surface area contributed by atoms with E-state index in [1.54, 1.807) is 6.07 Å². The van der Waals surface area contributed by atoms with Gasteiger partial charge in [0.15, 0.2) is 0 Å². The van der Waals surface area contributed by atoms with E-state index in [0.29, 0.717) is 17.4 Å². The van der Waals surface area contributed by atoms with Crippen LogP contribution in [0.4, 0.5) is 0 Å². The fourth-order valence-electron chi connectivity index (χ4n) is 4.01. The molecule has 0 aliphatic rings. The highest BCUT2D eigenvalue weighted by molar-refractivity contribution is 5.57. The summed E-state index contributed by atoms with van der Waals surface area (Å²) in [6.07, 6.45) is 8.15. The summed E-state index contributed by atoms with van der Waals surface area (Å²) in [6, 6.07) is 1.80. The second-order valence-corrected chi connectivity index (χ2v) is 10.0. The third-order valence-corrected chi connectivity index (χ3v) is 5.35. The van der Waals surface area contributed by atoms with Gasteiger partial charge < -0.3 is 10.2 Å². The van der Waals surface area contributed by atoms with Gasteiger partial charge in [-0.2, -0.15) is 0 Å². The van der Waals surface area contributed by atoms with E-state index in [0.717, 1.165) is 29.5 Å². The summed E-state index contributed by atoms with van der Waals surface area (Å²) in [5, 5.41) is 22.0. The van der Waals surface area contributed by atoms with Crippen LogP contribution in [0.15, 0.2) is 6.07 Å². The van der Waals surface area contributed by atoms with Crippen LogP contribution in [0.2, 0.25) is 0 Å². The second-order valence-electron chi connectivity index (χ2n) is 10.0. The number of hydrogen-bond acceptors (Lipinski definition) is 2. The number of unbranched alkanes of at least 4 members (excludes halogenated alkanes) is 2. The van der Waals surface area contributed by atoms with Gasteiger partial charge in [0.2, 0.25) is 0 Å². The molecule has 0 spiro atoms. The molecule has 0 saturated heterocycles. The van der Waals surface area contributed by atoms with Crippen molar-refractivity contribution in [2.45, 2.75) is 111 Å². The zero-order valence-electron chi connectivity index (χ0n) is 18.5. The van der Waals surface area contributed by atoms with Gasteiger partial charge in [0.05, 0.1) is 0 Å². The Morgan fingerprint density at radius 1 is 0.846 bits per heavy atom. The van der Waals surface area contributed by atoms with Gasteiger partial charge in [-0.25, -0.2) is 0 Å². The van der Waals surface area contributed by atoms with E-state index in [1.165, 1.54) is 32.1 Å². The molecular weight excluding hydrogens is 320 g/mol. The highest BCUT2D eigenvalue weighted by Crippen LogP contribution is 2.45. The molecule has 0 aliphatic heterocycles. The van der Waals surface area contributed by atoms with Crippen molar-refractivity contribution in [2.24, 2.45) is 5.92 Å². The monoisotopic (exact) mass is 362 g/mol. The zero-order valence-corrected chi connectivity index (χ0v) is 18.5. The Bertz CT molecular complexity index is 573. The van der Waals surface area contributed by atoms with E-state index in [1.807, 2.05) is 0 Å². The first-order valence-electron chi connectivity index (χ1n) is 10.5. The van der Waals surface area contributed by atoms with Gasteiger partial charge >= 0.3 is 0 Å². The van der Waals surface area contributed by atoms with E-state index in [9.17, 15) is 10.2 Å². The summed E-state index contributed by atoms with van der Waals surface area (Å²) >= 11 is 0. The minimum Gasteiger partial charge on any atom is -0.508 e. The lowest BCUT2D eigenvalue weighted by Crippen LogP contribution is -2.20. The number of phenols is 2. The lowest BCUT2D eigenvalue weighted by atomic mass is 9.75. The smallest absolute Gasteiger partial charge is 0.123 e. The van der Waals surface area contributed by atoms with Crippen LogP contribution in [-0.4, -0.2) is 10.2 Å². The molecule has 0 heterocycles. The Kier molecular flexibility index (Phi) is 8.04. The summed E-state index contributed by atoms with van der Waals surface area (Å²) in [5.41, 5.74) is 2.31. The second kappa shape index (κ2) is 9.15. The fraction of sp³-hybridized carbons (Fsp3) is 0.750. The number of aromatic hydroxyl groups is 2. The first kappa shape index (κ1) is 22.9.